The van der Waals surface area contributed by atoms with Crippen molar-refractivity contribution in [2.24, 2.45) is 5.41 Å². The first-order valence-corrected chi connectivity index (χ1v) is 10.4. The number of carbonyl (C=O) groups excluding carboxylic acids is 5. The van der Waals surface area contributed by atoms with Crippen LogP contribution in [0.1, 0.15) is 41.0 Å². The maximum Gasteiger partial charge on any atom is 0.302 e. The number of amides is 3. The Labute approximate surface area is 174 Å². The first-order valence-electron chi connectivity index (χ1n) is 9.34. The van der Waals surface area contributed by atoms with Crippen LogP contribution in [0.5, 0.6) is 0 Å². The molecule has 0 aromatic carbocycles. The van der Waals surface area contributed by atoms with Crippen molar-refractivity contribution in [2.75, 3.05) is 12.4 Å². The second kappa shape index (κ2) is 8.98. The number of ether oxygens (including phenoxy) is 1. The van der Waals surface area contributed by atoms with Gasteiger partial charge >= 0.3 is 5.97 Å². The van der Waals surface area contributed by atoms with Crippen molar-refractivity contribution in [3.63, 3.8) is 0 Å². The molecule has 2 heterocycles. The molecule has 2 rings (SSSR count). The standard InChI is InChI=1S/C19H27N3O6S/c1-10(23)20-12(6-8-28-11(2)24)16(26)21-14-17(27)22-13(7-9-29-18(14)22)15(25)19(3,4)5/h7,12,14,18H,6,8-9H2,1-5H3,(H,20,23)(H,21,26)/t12?,14-,18-/m0/s1. The van der Waals surface area contributed by atoms with Crippen LogP contribution in [0, 0.1) is 5.41 Å². The molecular formula is C19H27N3O6S. The Morgan fingerprint density at radius 2 is 1.93 bits per heavy atom. The number of β-lactam (4-membered cyclic amide) rings is 1. The fourth-order valence-electron chi connectivity index (χ4n) is 3.02. The van der Waals surface area contributed by atoms with Gasteiger partial charge in [0.1, 0.15) is 17.5 Å². The van der Waals surface area contributed by atoms with Gasteiger partial charge in [0.15, 0.2) is 5.78 Å². The lowest BCUT2D eigenvalue weighted by Gasteiger charge is -2.49. The molecule has 0 bridgehead atoms. The van der Waals surface area contributed by atoms with Crippen molar-refractivity contribution in [3.8, 4) is 0 Å². The summed E-state index contributed by atoms with van der Waals surface area (Å²) in [5, 5.41) is 4.79. The lowest BCUT2D eigenvalue weighted by atomic mass is 9.87. The largest absolute Gasteiger partial charge is 0.466 e. The molecule has 2 N–H and O–H groups in total. The topological polar surface area (TPSA) is 122 Å². The Bertz CT molecular complexity index is 758. The van der Waals surface area contributed by atoms with Gasteiger partial charge in [0.25, 0.3) is 5.91 Å². The van der Waals surface area contributed by atoms with E-state index >= 15 is 0 Å². The van der Waals surface area contributed by atoms with Gasteiger partial charge < -0.3 is 15.4 Å². The van der Waals surface area contributed by atoms with E-state index < -0.39 is 35.3 Å². The van der Waals surface area contributed by atoms with Gasteiger partial charge in [0.2, 0.25) is 11.8 Å². The van der Waals surface area contributed by atoms with Crippen LogP contribution in [0.4, 0.5) is 0 Å². The highest BCUT2D eigenvalue weighted by molar-refractivity contribution is 8.00. The van der Waals surface area contributed by atoms with Crippen LogP contribution in [0.25, 0.3) is 0 Å². The van der Waals surface area contributed by atoms with Gasteiger partial charge in [-0.1, -0.05) is 20.8 Å². The SMILES string of the molecule is CC(=O)NC(CCOC(C)=O)C(=O)N[C@H]1C(=O)N2C(C(=O)C(C)(C)C)=CCS[C@@H]12. The lowest BCUT2D eigenvalue weighted by Crippen LogP contribution is -2.71. The molecule has 3 atom stereocenters. The number of fused-ring (bicyclic) bond motifs is 1. The van der Waals surface area contributed by atoms with Crippen LogP contribution >= 0.6 is 11.8 Å². The van der Waals surface area contributed by atoms with E-state index in [1.54, 1.807) is 26.8 Å². The van der Waals surface area contributed by atoms with E-state index in [0.717, 1.165) is 0 Å². The summed E-state index contributed by atoms with van der Waals surface area (Å²) in [5.74, 6) is -1.37. The third-order valence-electron chi connectivity index (χ3n) is 4.46. The number of nitrogens with zero attached hydrogens (tertiary/aromatic N) is 1. The molecule has 2 aliphatic heterocycles. The molecule has 1 fully saturated rings. The van der Waals surface area contributed by atoms with Gasteiger partial charge in [0, 0.05) is 31.4 Å². The first kappa shape index (κ1) is 22.9. The smallest absolute Gasteiger partial charge is 0.302 e. The van der Waals surface area contributed by atoms with E-state index in [0.29, 0.717) is 11.4 Å². The van der Waals surface area contributed by atoms with Crippen LogP contribution in [-0.4, -0.2) is 64.2 Å². The van der Waals surface area contributed by atoms with Crippen LogP contribution < -0.4 is 10.6 Å². The summed E-state index contributed by atoms with van der Waals surface area (Å²) in [4.78, 5) is 61.7. The minimum absolute atomic E-state index is 0.0381. The van der Waals surface area contributed by atoms with Crippen molar-refractivity contribution in [2.45, 2.75) is 58.5 Å². The number of hydrogen-bond donors (Lipinski definition) is 2. The number of hydrogen-bond acceptors (Lipinski definition) is 7. The molecule has 3 amide bonds. The van der Waals surface area contributed by atoms with E-state index in [9.17, 15) is 24.0 Å². The highest BCUT2D eigenvalue weighted by Gasteiger charge is 2.53. The number of carbonyl (C=O) groups is 5. The molecule has 10 heteroatoms. The fourth-order valence-corrected chi connectivity index (χ4v) is 4.22. The van der Waals surface area contributed by atoms with Gasteiger partial charge in [-0.2, -0.15) is 0 Å². The zero-order valence-electron chi connectivity index (χ0n) is 17.2. The quantitative estimate of drug-likeness (QED) is 0.446. The van der Waals surface area contributed by atoms with Gasteiger partial charge in [-0.05, 0) is 6.08 Å². The Balaban J connectivity index is 2.04. The summed E-state index contributed by atoms with van der Waals surface area (Å²) in [6.07, 6.45) is 1.82. The number of nitrogens with one attached hydrogen (secondary N) is 2. The number of ketones is 1. The third-order valence-corrected chi connectivity index (χ3v) is 5.65. The van der Waals surface area contributed by atoms with E-state index in [-0.39, 0.29) is 30.1 Å². The first-order chi connectivity index (χ1) is 13.4. The molecular weight excluding hydrogens is 398 g/mol. The second-order valence-corrected chi connectivity index (χ2v) is 9.12. The van der Waals surface area contributed by atoms with E-state index in [1.165, 1.54) is 30.5 Å². The van der Waals surface area contributed by atoms with Crippen molar-refractivity contribution >= 4 is 41.2 Å². The van der Waals surface area contributed by atoms with Crippen LogP contribution in [0.2, 0.25) is 0 Å². The van der Waals surface area contributed by atoms with E-state index in [1.807, 2.05) is 0 Å². The lowest BCUT2D eigenvalue weighted by molar-refractivity contribution is -0.148. The molecule has 1 saturated heterocycles. The van der Waals surface area contributed by atoms with Gasteiger partial charge in [0.05, 0.1) is 12.3 Å². The number of esters is 1. The third kappa shape index (κ3) is 5.37. The Morgan fingerprint density at radius 1 is 1.28 bits per heavy atom. The summed E-state index contributed by atoms with van der Waals surface area (Å²) in [7, 11) is 0. The molecule has 0 aromatic heterocycles. The average molecular weight is 426 g/mol. The average Bonchev–Trinajstić information content (AvgIpc) is 2.62. The van der Waals surface area contributed by atoms with Crippen molar-refractivity contribution in [1.29, 1.82) is 0 Å². The monoisotopic (exact) mass is 425 g/mol. The Morgan fingerprint density at radius 3 is 2.48 bits per heavy atom. The zero-order valence-corrected chi connectivity index (χ0v) is 18.1. The number of rotatable bonds is 7. The summed E-state index contributed by atoms with van der Waals surface area (Å²) in [6, 6.07) is -1.72. The maximum absolute atomic E-state index is 12.7. The van der Waals surface area contributed by atoms with E-state index in [2.05, 4.69) is 10.6 Å². The predicted molar refractivity (Wildman–Crippen MR) is 106 cm³/mol. The van der Waals surface area contributed by atoms with Crippen LogP contribution in [0.15, 0.2) is 11.8 Å². The van der Waals surface area contributed by atoms with Gasteiger partial charge in [-0.25, -0.2) is 0 Å². The normalized spacial score (nSPS) is 21.9. The van der Waals surface area contributed by atoms with E-state index in [4.69, 9.17) is 4.74 Å². The minimum Gasteiger partial charge on any atom is -0.466 e. The predicted octanol–water partition coefficient (Wildman–Crippen LogP) is 0.343. The molecule has 9 nitrogen and oxygen atoms in total. The highest BCUT2D eigenvalue weighted by atomic mass is 32.2. The second-order valence-electron chi connectivity index (χ2n) is 7.97. The highest BCUT2D eigenvalue weighted by Crippen LogP contribution is 2.39. The molecule has 0 aromatic rings. The number of allylic oxidation sites excluding steroid dienone is 1. The fraction of sp³-hybridized carbons (Fsp3) is 0.632. The molecule has 29 heavy (non-hydrogen) atoms. The minimum atomic E-state index is -0.937. The summed E-state index contributed by atoms with van der Waals surface area (Å²) < 4.78 is 4.83. The Hall–Kier alpha value is -2.36. The molecule has 0 aliphatic carbocycles. The molecule has 2 aliphatic rings. The molecule has 160 valence electrons. The summed E-state index contributed by atoms with van der Waals surface area (Å²) in [5.41, 5.74) is -0.259. The number of thioether (sulfide) groups is 1. The molecule has 1 unspecified atom stereocenters. The van der Waals surface area contributed by atoms with Crippen LogP contribution in [-0.2, 0) is 28.7 Å². The van der Waals surface area contributed by atoms with Crippen molar-refractivity contribution < 1.29 is 28.7 Å². The maximum atomic E-state index is 12.7. The van der Waals surface area contributed by atoms with Crippen molar-refractivity contribution in [3.05, 3.63) is 11.8 Å². The summed E-state index contributed by atoms with van der Waals surface area (Å²) >= 11 is 1.45. The van der Waals surface area contributed by atoms with Crippen molar-refractivity contribution in [1.82, 2.24) is 15.5 Å². The zero-order chi connectivity index (χ0) is 21.9. The van der Waals surface area contributed by atoms with Crippen LogP contribution in [0.3, 0.4) is 0 Å². The Kier molecular flexibility index (Phi) is 7.10. The van der Waals surface area contributed by atoms with Gasteiger partial charge in [-0.15, -0.1) is 11.8 Å². The molecule has 0 radical (unpaired) electrons. The summed E-state index contributed by atoms with van der Waals surface area (Å²) in [6.45, 7) is 7.85. The molecule has 0 saturated carbocycles. The van der Waals surface area contributed by atoms with Gasteiger partial charge in [-0.3, -0.25) is 28.9 Å². The number of Topliss-reactive ketones (excluding diaryl/α,β-unsaturated/α-hetero) is 1. The molecule has 0 spiro atoms.